The summed E-state index contributed by atoms with van der Waals surface area (Å²) in [6.07, 6.45) is -2.19. The maximum atomic E-state index is 13.7. The van der Waals surface area contributed by atoms with Gasteiger partial charge in [-0.05, 0) is 29.8 Å². The van der Waals surface area contributed by atoms with E-state index in [0.29, 0.717) is 26.5 Å². The van der Waals surface area contributed by atoms with Gasteiger partial charge in [0.2, 0.25) is 0 Å². The molecule has 0 saturated carbocycles. The van der Waals surface area contributed by atoms with Gasteiger partial charge in [-0.3, -0.25) is 19.3 Å². The first-order chi connectivity index (χ1) is 15.6. The van der Waals surface area contributed by atoms with Crippen molar-refractivity contribution >= 4 is 23.4 Å². The summed E-state index contributed by atoms with van der Waals surface area (Å²) in [6, 6.07) is 9.90. The van der Waals surface area contributed by atoms with Gasteiger partial charge in [0.25, 0.3) is 11.8 Å². The largest absolute Gasteiger partial charge is 0.433 e. The zero-order valence-corrected chi connectivity index (χ0v) is 18.1. The van der Waals surface area contributed by atoms with Crippen LogP contribution < -0.4 is 0 Å². The molecule has 0 radical (unpaired) electrons. The number of hydrogen-bond acceptors (Lipinski definition) is 4. The van der Waals surface area contributed by atoms with Gasteiger partial charge in [0.05, 0.1) is 23.0 Å². The fraction of sp³-hybridized carbons (Fsp3) is 0.273. The summed E-state index contributed by atoms with van der Waals surface area (Å²) in [5.74, 6) is -1.20. The van der Waals surface area contributed by atoms with Crippen LogP contribution in [0.2, 0.25) is 5.02 Å². The van der Waals surface area contributed by atoms with Crippen LogP contribution in [0.25, 0.3) is 0 Å². The quantitative estimate of drug-likeness (QED) is 0.569. The number of carbonyl (C=O) groups excluding carboxylic acids is 2. The minimum Gasteiger partial charge on any atom is -0.309 e. The molecule has 170 valence electrons. The number of hydrogen-bond donors (Lipinski definition) is 0. The highest BCUT2D eigenvalue weighted by Gasteiger charge is 2.57. The number of carbonyl (C=O) groups is 2. The Morgan fingerprint density at radius 3 is 2.58 bits per heavy atom. The lowest BCUT2D eigenvalue weighted by molar-refractivity contribution is -0.144. The van der Waals surface area contributed by atoms with E-state index in [1.165, 1.54) is 9.80 Å². The van der Waals surface area contributed by atoms with Crippen LogP contribution in [-0.2, 0) is 25.3 Å². The maximum absolute atomic E-state index is 13.7. The number of aryl methyl sites for hydroxylation is 1. The molecular formula is C22H17ClF3N5O2. The lowest BCUT2D eigenvalue weighted by Crippen LogP contribution is -2.58. The molecule has 0 N–H and O–H groups in total. The fourth-order valence-electron chi connectivity index (χ4n) is 4.80. The van der Waals surface area contributed by atoms with Crippen molar-refractivity contribution in [2.45, 2.75) is 18.3 Å². The van der Waals surface area contributed by atoms with Gasteiger partial charge in [-0.25, -0.2) is 0 Å². The first-order valence-corrected chi connectivity index (χ1v) is 10.5. The van der Waals surface area contributed by atoms with Crippen molar-refractivity contribution in [3.05, 3.63) is 81.9 Å². The van der Waals surface area contributed by atoms with Crippen LogP contribution in [-0.4, -0.2) is 49.5 Å². The molecule has 3 aromatic rings. The number of amides is 2. The van der Waals surface area contributed by atoms with E-state index in [1.54, 1.807) is 42.6 Å². The lowest BCUT2D eigenvalue weighted by Gasteiger charge is -2.46. The molecule has 5 rings (SSSR count). The van der Waals surface area contributed by atoms with Crippen LogP contribution in [0.1, 0.15) is 37.7 Å². The third-order valence-corrected chi connectivity index (χ3v) is 6.46. The second-order valence-corrected chi connectivity index (χ2v) is 8.38. The molecule has 1 atom stereocenters. The van der Waals surface area contributed by atoms with Gasteiger partial charge in [0.1, 0.15) is 5.66 Å². The van der Waals surface area contributed by atoms with Crippen molar-refractivity contribution in [3.63, 3.8) is 0 Å². The Morgan fingerprint density at radius 1 is 1.15 bits per heavy atom. The predicted molar refractivity (Wildman–Crippen MR) is 111 cm³/mol. The van der Waals surface area contributed by atoms with Crippen molar-refractivity contribution in [1.29, 1.82) is 0 Å². The minimum absolute atomic E-state index is 0.0490. The van der Waals surface area contributed by atoms with Crippen LogP contribution in [0.4, 0.5) is 13.2 Å². The van der Waals surface area contributed by atoms with E-state index in [0.717, 1.165) is 13.2 Å². The molecular weight excluding hydrogens is 459 g/mol. The van der Waals surface area contributed by atoms with E-state index in [1.807, 2.05) is 0 Å². The summed E-state index contributed by atoms with van der Waals surface area (Å²) in [6.45, 7) is 0.205. The van der Waals surface area contributed by atoms with Gasteiger partial charge >= 0.3 is 6.18 Å². The Morgan fingerprint density at radius 2 is 1.88 bits per heavy atom. The molecule has 33 heavy (non-hydrogen) atoms. The molecule has 1 fully saturated rings. The van der Waals surface area contributed by atoms with Gasteiger partial charge in [0.15, 0.2) is 5.69 Å². The number of nitrogens with zero attached hydrogens (tertiary/aromatic N) is 5. The monoisotopic (exact) mass is 475 g/mol. The average molecular weight is 476 g/mol. The highest BCUT2D eigenvalue weighted by molar-refractivity contribution is 6.30. The van der Waals surface area contributed by atoms with Crippen molar-refractivity contribution in [3.8, 4) is 0 Å². The standard InChI is InChI=1S/C22H17ClF3N5O2/c1-29-18(22(24,25)26)16(12-28-29)20(33)31-10-9-30-19(32)15-3-2-8-27-17(15)11-21(30,31)13-4-6-14(23)7-5-13/h2-8,12H,9-11H2,1H3/t21-/m1/s1. The molecule has 7 nitrogen and oxygen atoms in total. The zero-order chi connectivity index (χ0) is 23.5. The number of benzene rings is 1. The SMILES string of the molecule is Cn1ncc(C(=O)N2CCN3C(=O)c4cccnc4C[C@@]32c2ccc(Cl)cc2)c1C(F)(F)F. The summed E-state index contributed by atoms with van der Waals surface area (Å²) >= 11 is 6.06. The van der Waals surface area contributed by atoms with Crippen molar-refractivity contribution in [1.82, 2.24) is 24.6 Å². The maximum Gasteiger partial charge on any atom is 0.433 e. The van der Waals surface area contributed by atoms with Gasteiger partial charge in [-0.15, -0.1) is 0 Å². The highest BCUT2D eigenvalue weighted by Crippen LogP contribution is 2.46. The van der Waals surface area contributed by atoms with Gasteiger partial charge < -0.3 is 9.80 Å². The highest BCUT2D eigenvalue weighted by atomic mass is 35.5. The summed E-state index contributed by atoms with van der Waals surface area (Å²) in [5, 5.41) is 4.13. The molecule has 0 bridgehead atoms. The molecule has 0 unspecified atom stereocenters. The van der Waals surface area contributed by atoms with Crippen LogP contribution in [0.3, 0.4) is 0 Å². The Hall–Kier alpha value is -3.40. The van der Waals surface area contributed by atoms with Crippen molar-refractivity contribution in [2.75, 3.05) is 13.1 Å². The summed E-state index contributed by atoms with van der Waals surface area (Å²) < 4.78 is 41.8. The van der Waals surface area contributed by atoms with Crippen LogP contribution in [0, 0.1) is 0 Å². The number of pyridine rings is 1. The number of alkyl halides is 3. The summed E-state index contributed by atoms with van der Waals surface area (Å²) in [4.78, 5) is 34.2. The molecule has 1 saturated heterocycles. The Labute approximate surface area is 191 Å². The zero-order valence-electron chi connectivity index (χ0n) is 17.3. The van der Waals surface area contributed by atoms with Crippen molar-refractivity contribution in [2.24, 2.45) is 7.05 Å². The number of fused-ring (bicyclic) bond motifs is 2. The fourth-order valence-corrected chi connectivity index (χ4v) is 4.93. The normalized spacial score (nSPS) is 20.1. The molecule has 11 heteroatoms. The van der Waals surface area contributed by atoms with Gasteiger partial charge in [0, 0.05) is 37.8 Å². The lowest BCUT2D eigenvalue weighted by atomic mass is 9.86. The smallest absolute Gasteiger partial charge is 0.309 e. The third-order valence-electron chi connectivity index (χ3n) is 6.21. The van der Waals surface area contributed by atoms with Crippen LogP contribution >= 0.6 is 11.6 Å². The van der Waals surface area contributed by atoms with E-state index in [9.17, 15) is 22.8 Å². The summed E-state index contributed by atoms with van der Waals surface area (Å²) in [7, 11) is 1.13. The third kappa shape index (κ3) is 3.12. The first kappa shape index (κ1) is 21.4. The van der Waals surface area contributed by atoms with Crippen LogP contribution in [0.5, 0.6) is 0 Å². The molecule has 2 aliphatic rings. The number of rotatable bonds is 2. The van der Waals surface area contributed by atoms with E-state index >= 15 is 0 Å². The van der Waals surface area contributed by atoms with E-state index in [2.05, 4.69) is 10.1 Å². The number of halogens is 4. The number of aromatic nitrogens is 3. The minimum atomic E-state index is -4.78. The first-order valence-electron chi connectivity index (χ1n) is 10.1. The predicted octanol–water partition coefficient (Wildman–Crippen LogP) is 3.49. The molecule has 0 aliphatic carbocycles. The Kier molecular flexibility index (Phi) is 4.75. The second kappa shape index (κ2) is 7.31. The molecule has 4 heterocycles. The Bertz CT molecular complexity index is 1270. The molecule has 1 aromatic carbocycles. The molecule has 2 aromatic heterocycles. The molecule has 2 amide bonds. The Balaban J connectivity index is 1.70. The van der Waals surface area contributed by atoms with E-state index < -0.39 is 29.0 Å². The van der Waals surface area contributed by atoms with E-state index in [4.69, 9.17) is 11.6 Å². The molecule has 2 aliphatic heterocycles. The van der Waals surface area contributed by atoms with Gasteiger partial charge in [-0.2, -0.15) is 18.3 Å². The van der Waals surface area contributed by atoms with Crippen molar-refractivity contribution < 1.29 is 22.8 Å². The topological polar surface area (TPSA) is 71.3 Å². The van der Waals surface area contributed by atoms with E-state index in [-0.39, 0.29) is 25.4 Å². The summed E-state index contributed by atoms with van der Waals surface area (Å²) in [5.41, 5.74) is -1.62. The average Bonchev–Trinajstić information content (AvgIpc) is 3.35. The van der Waals surface area contributed by atoms with Crippen LogP contribution in [0.15, 0.2) is 48.8 Å². The van der Waals surface area contributed by atoms with Gasteiger partial charge in [-0.1, -0.05) is 23.7 Å². The second-order valence-electron chi connectivity index (χ2n) is 7.94. The molecule has 0 spiro atoms.